The number of carbonyl (C=O) groups is 1. The summed E-state index contributed by atoms with van der Waals surface area (Å²) in [5.41, 5.74) is 14.4. The highest BCUT2D eigenvalue weighted by molar-refractivity contribution is 5.94. The number of aromatic nitrogens is 2. The van der Waals surface area contributed by atoms with Crippen LogP contribution in [-0.2, 0) is 16.0 Å². The molecular weight excluding hydrogens is 374 g/mol. The Morgan fingerprint density at radius 1 is 1.38 bits per heavy atom. The predicted octanol–water partition coefficient (Wildman–Crippen LogP) is 2.67. The highest BCUT2D eigenvalue weighted by Gasteiger charge is 2.24. The number of nitrogens with two attached hydrogens (primary N) is 2. The summed E-state index contributed by atoms with van der Waals surface area (Å²) >= 11 is 0. The molecule has 2 aromatic rings. The van der Waals surface area contributed by atoms with E-state index in [1.54, 1.807) is 19.2 Å². The van der Waals surface area contributed by atoms with Crippen molar-refractivity contribution in [3.05, 3.63) is 35.7 Å². The number of pyridine rings is 2. The summed E-state index contributed by atoms with van der Waals surface area (Å²) in [5, 5.41) is 0. The smallest absolute Gasteiger partial charge is 0.414 e. The van der Waals surface area contributed by atoms with Gasteiger partial charge in [0.25, 0.3) is 0 Å². The first-order valence-electron chi connectivity index (χ1n) is 9.64. The van der Waals surface area contributed by atoms with Crippen LogP contribution in [-0.4, -0.2) is 42.0 Å². The van der Waals surface area contributed by atoms with Gasteiger partial charge in [0.1, 0.15) is 6.61 Å². The monoisotopic (exact) mass is 401 g/mol. The number of amides is 1. The fourth-order valence-electron chi connectivity index (χ4n) is 3.01. The van der Waals surface area contributed by atoms with Gasteiger partial charge in [-0.15, -0.1) is 0 Å². The summed E-state index contributed by atoms with van der Waals surface area (Å²) in [6.07, 6.45) is 3.14. The fourth-order valence-corrected chi connectivity index (χ4v) is 3.01. The topological polar surface area (TPSA) is 126 Å². The molecule has 0 aliphatic carbocycles. The van der Waals surface area contributed by atoms with Gasteiger partial charge in [-0.2, -0.15) is 4.98 Å². The van der Waals surface area contributed by atoms with Crippen LogP contribution in [0.25, 0.3) is 0 Å². The van der Waals surface area contributed by atoms with E-state index in [0.717, 1.165) is 30.7 Å². The standard InChI is InChI=1S/C20H27N5O4/c1-3-27-20(26)25(11-14-7-6-13(2)23-10-14)16-9-17(24-19(22)18(16)21)29-12-15-5-4-8-28-15/h6-7,9-10,15H,3-5,8,11-12,21H2,1-2H3,(H2,22,24). The van der Waals surface area contributed by atoms with Gasteiger partial charge in [-0.3, -0.25) is 9.88 Å². The summed E-state index contributed by atoms with van der Waals surface area (Å²) in [7, 11) is 0. The molecule has 0 spiro atoms. The molecule has 9 nitrogen and oxygen atoms in total. The summed E-state index contributed by atoms with van der Waals surface area (Å²) < 4.78 is 16.5. The molecule has 0 saturated carbocycles. The lowest BCUT2D eigenvalue weighted by Crippen LogP contribution is -2.32. The first-order valence-corrected chi connectivity index (χ1v) is 9.64. The summed E-state index contributed by atoms with van der Waals surface area (Å²) in [6, 6.07) is 5.36. The maximum absolute atomic E-state index is 12.7. The molecule has 29 heavy (non-hydrogen) atoms. The molecular formula is C20H27N5O4. The summed E-state index contributed by atoms with van der Waals surface area (Å²) in [4.78, 5) is 22.5. The highest BCUT2D eigenvalue weighted by atomic mass is 16.6. The van der Waals surface area contributed by atoms with E-state index in [-0.39, 0.29) is 36.6 Å². The number of aryl methyl sites for hydroxylation is 1. The van der Waals surface area contributed by atoms with Crippen LogP contribution in [0.3, 0.4) is 0 Å². The number of ether oxygens (including phenoxy) is 3. The molecule has 2 aromatic heterocycles. The molecule has 1 aliphatic rings. The summed E-state index contributed by atoms with van der Waals surface area (Å²) in [6.45, 7) is 5.17. The van der Waals surface area contributed by atoms with E-state index in [0.29, 0.717) is 12.3 Å². The Kier molecular flexibility index (Phi) is 6.71. The maximum Gasteiger partial charge on any atom is 0.414 e. The SMILES string of the molecule is CCOC(=O)N(Cc1ccc(C)nc1)c1cc(OCC2CCCO2)nc(N)c1N. The van der Waals surface area contributed by atoms with Crippen molar-refractivity contribution in [1.82, 2.24) is 9.97 Å². The molecule has 0 radical (unpaired) electrons. The minimum absolute atomic E-state index is 0.0267. The Balaban J connectivity index is 1.87. The minimum Gasteiger partial charge on any atom is -0.475 e. The lowest BCUT2D eigenvalue weighted by atomic mass is 10.2. The second-order valence-corrected chi connectivity index (χ2v) is 6.82. The van der Waals surface area contributed by atoms with Crippen LogP contribution in [0.5, 0.6) is 5.88 Å². The lowest BCUT2D eigenvalue weighted by Gasteiger charge is -2.24. The molecule has 1 fully saturated rings. The Labute approximate surface area is 170 Å². The molecule has 1 atom stereocenters. The third kappa shape index (κ3) is 5.26. The Morgan fingerprint density at radius 3 is 2.86 bits per heavy atom. The van der Waals surface area contributed by atoms with E-state index in [2.05, 4.69) is 9.97 Å². The molecule has 1 unspecified atom stereocenters. The number of hydrogen-bond donors (Lipinski definition) is 2. The normalized spacial score (nSPS) is 15.9. The Morgan fingerprint density at radius 2 is 2.21 bits per heavy atom. The lowest BCUT2D eigenvalue weighted by molar-refractivity contribution is 0.0664. The molecule has 0 aromatic carbocycles. The van der Waals surface area contributed by atoms with Gasteiger partial charge in [0, 0.05) is 24.6 Å². The first kappa shape index (κ1) is 20.7. The number of anilines is 3. The zero-order valence-electron chi connectivity index (χ0n) is 16.8. The van der Waals surface area contributed by atoms with Crippen LogP contribution < -0.4 is 21.1 Å². The van der Waals surface area contributed by atoms with Crippen molar-refractivity contribution in [2.24, 2.45) is 0 Å². The molecule has 1 amide bonds. The molecule has 1 aliphatic heterocycles. The number of rotatable bonds is 7. The Hall–Kier alpha value is -3.07. The molecule has 4 N–H and O–H groups in total. The highest BCUT2D eigenvalue weighted by Crippen LogP contribution is 2.33. The van der Waals surface area contributed by atoms with Crippen LogP contribution in [0.4, 0.5) is 22.0 Å². The van der Waals surface area contributed by atoms with Gasteiger partial charge in [0.15, 0.2) is 5.82 Å². The average molecular weight is 401 g/mol. The van der Waals surface area contributed by atoms with Gasteiger partial charge in [-0.25, -0.2) is 4.79 Å². The molecule has 156 valence electrons. The van der Waals surface area contributed by atoms with Crippen molar-refractivity contribution in [3.8, 4) is 5.88 Å². The zero-order valence-corrected chi connectivity index (χ0v) is 16.8. The number of nitrogens with zero attached hydrogens (tertiary/aromatic N) is 3. The van der Waals surface area contributed by atoms with Crippen LogP contribution in [0, 0.1) is 6.92 Å². The van der Waals surface area contributed by atoms with Crippen LogP contribution in [0.2, 0.25) is 0 Å². The average Bonchev–Trinajstić information content (AvgIpc) is 3.22. The van der Waals surface area contributed by atoms with Crippen molar-refractivity contribution in [2.45, 2.75) is 39.3 Å². The third-order valence-corrected chi connectivity index (χ3v) is 4.58. The van der Waals surface area contributed by atoms with Gasteiger partial charge >= 0.3 is 6.09 Å². The maximum atomic E-state index is 12.7. The molecule has 0 bridgehead atoms. The van der Waals surface area contributed by atoms with E-state index in [4.69, 9.17) is 25.7 Å². The predicted molar refractivity (Wildman–Crippen MR) is 110 cm³/mol. The largest absolute Gasteiger partial charge is 0.475 e. The van der Waals surface area contributed by atoms with Crippen molar-refractivity contribution < 1.29 is 19.0 Å². The van der Waals surface area contributed by atoms with E-state index in [1.807, 2.05) is 19.1 Å². The van der Waals surface area contributed by atoms with E-state index in [9.17, 15) is 4.79 Å². The second kappa shape index (κ2) is 9.42. The van der Waals surface area contributed by atoms with E-state index in [1.165, 1.54) is 4.90 Å². The van der Waals surface area contributed by atoms with Gasteiger partial charge in [-0.05, 0) is 38.3 Å². The van der Waals surface area contributed by atoms with Crippen LogP contribution in [0.15, 0.2) is 24.4 Å². The molecule has 9 heteroatoms. The molecule has 1 saturated heterocycles. The second-order valence-electron chi connectivity index (χ2n) is 6.82. The van der Waals surface area contributed by atoms with Gasteiger partial charge in [-0.1, -0.05) is 6.07 Å². The minimum atomic E-state index is -0.546. The van der Waals surface area contributed by atoms with Gasteiger partial charge < -0.3 is 25.7 Å². The van der Waals surface area contributed by atoms with Crippen molar-refractivity contribution >= 4 is 23.3 Å². The number of hydrogen-bond acceptors (Lipinski definition) is 8. The van der Waals surface area contributed by atoms with Crippen molar-refractivity contribution in [2.75, 3.05) is 36.2 Å². The van der Waals surface area contributed by atoms with Crippen molar-refractivity contribution in [3.63, 3.8) is 0 Å². The van der Waals surface area contributed by atoms with Crippen LogP contribution in [0.1, 0.15) is 31.0 Å². The Bertz CT molecular complexity index is 838. The number of carbonyl (C=O) groups excluding carboxylic acids is 1. The van der Waals surface area contributed by atoms with E-state index < -0.39 is 6.09 Å². The quantitative estimate of drug-likeness (QED) is 0.725. The molecule has 3 heterocycles. The third-order valence-electron chi connectivity index (χ3n) is 4.58. The van der Waals surface area contributed by atoms with Crippen molar-refractivity contribution in [1.29, 1.82) is 0 Å². The van der Waals surface area contributed by atoms with Crippen LogP contribution >= 0.6 is 0 Å². The van der Waals surface area contributed by atoms with Gasteiger partial charge in [0.2, 0.25) is 5.88 Å². The summed E-state index contributed by atoms with van der Waals surface area (Å²) in [5.74, 6) is 0.361. The molecule has 3 rings (SSSR count). The number of nitrogen functional groups attached to an aromatic ring is 2. The van der Waals surface area contributed by atoms with Gasteiger partial charge in [0.05, 0.1) is 30.6 Å². The fraction of sp³-hybridized carbons (Fsp3) is 0.450. The van der Waals surface area contributed by atoms with E-state index >= 15 is 0 Å². The first-order chi connectivity index (χ1) is 14.0. The zero-order chi connectivity index (χ0) is 20.8.